The van der Waals surface area contributed by atoms with Crippen LogP contribution in [0, 0.1) is 0 Å². The molecule has 0 radical (unpaired) electrons. The monoisotopic (exact) mass is 213 g/mol. The highest BCUT2D eigenvalue weighted by Gasteiger charge is 2.17. The minimum Gasteiger partial charge on any atom is -0.352 e. The lowest BCUT2D eigenvalue weighted by Gasteiger charge is -2.16. The van der Waals surface area contributed by atoms with Gasteiger partial charge in [-0.1, -0.05) is 0 Å². The number of carbonyl (C=O) groups is 2. The van der Waals surface area contributed by atoms with Gasteiger partial charge in [0.2, 0.25) is 5.91 Å². The van der Waals surface area contributed by atoms with E-state index >= 15 is 0 Å². The number of nitrogens with zero attached hydrogens (tertiary/aromatic N) is 1. The average Bonchev–Trinajstić information content (AvgIpc) is 2.65. The Bertz CT molecular complexity index is 235. The third-order valence-corrected chi connectivity index (χ3v) is 2.24. The minimum absolute atomic E-state index is 0.0630. The van der Waals surface area contributed by atoms with Gasteiger partial charge in [-0.15, -0.1) is 0 Å². The van der Waals surface area contributed by atoms with Crippen molar-refractivity contribution in [1.82, 2.24) is 15.5 Å². The molecule has 0 aromatic heterocycles. The summed E-state index contributed by atoms with van der Waals surface area (Å²) >= 11 is 0. The SMILES string of the molecule is CC(C)NC(=O)CNC(=O)N1CCCC1. The Kier molecular flexibility index (Phi) is 4.39. The van der Waals surface area contributed by atoms with Crippen LogP contribution in [0.5, 0.6) is 0 Å². The lowest BCUT2D eigenvalue weighted by atomic mass is 10.4. The average molecular weight is 213 g/mol. The van der Waals surface area contributed by atoms with Gasteiger partial charge in [-0.3, -0.25) is 4.79 Å². The predicted octanol–water partition coefficient (Wildman–Crippen LogP) is 0.316. The van der Waals surface area contributed by atoms with E-state index in [1.807, 2.05) is 13.8 Å². The third-order valence-electron chi connectivity index (χ3n) is 2.24. The molecule has 0 saturated carbocycles. The lowest BCUT2D eigenvalue weighted by molar-refractivity contribution is -0.120. The van der Waals surface area contributed by atoms with Crippen molar-refractivity contribution in [3.8, 4) is 0 Å². The first-order valence-electron chi connectivity index (χ1n) is 5.41. The van der Waals surface area contributed by atoms with Gasteiger partial charge < -0.3 is 15.5 Å². The van der Waals surface area contributed by atoms with Crippen LogP contribution in [-0.2, 0) is 4.79 Å². The summed E-state index contributed by atoms with van der Waals surface area (Å²) in [5.74, 6) is -0.141. The second kappa shape index (κ2) is 5.58. The van der Waals surface area contributed by atoms with Crippen LogP contribution in [0.25, 0.3) is 0 Å². The number of hydrogen-bond donors (Lipinski definition) is 2. The Morgan fingerprint density at radius 3 is 2.40 bits per heavy atom. The maximum absolute atomic E-state index is 11.5. The molecule has 0 aromatic carbocycles. The van der Waals surface area contributed by atoms with Gasteiger partial charge in [0.15, 0.2) is 0 Å². The molecule has 1 rings (SSSR count). The van der Waals surface area contributed by atoms with E-state index in [1.165, 1.54) is 0 Å². The second-order valence-electron chi connectivity index (χ2n) is 4.08. The molecular formula is C10H19N3O2. The highest BCUT2D eigenvalue weighted by molar-refractivity contribution is 5.84. The Morgan fingerprint density at radius 1 is 1.27 bits per heavy atom. The van der Waals surface area contributed by atoms with Crippen LogP contribution in [0.2, 0.25) is 0 Å². The molecule has 5 heteroatoms. The fourth-order valence-corrected chi connectivity index (χ4v) is 1.56. The van der Waals surface area contributed by atoms with Gasteiger partial charge in [-0.2, -0.15) is 0 Å². The van der Waals surface area contributed by atoms with E-state index in [-0.39, 0.29) is 24.5 Å². The summed E-state index contributed by atoms with van der Waals surface area (Å²) in [6.45, 7) is 5.45. The Morgan fingerprint density at radius 2 is 1.87 bits per heavy atom. The van der Waals surface area contributed by atoms with E-state index in [2.05, 4.69) is 10.6 Å². The topological polar surface area (TPSA) is 61.4 Å². The minimum atomic E-state index is -0.141. The van der Waals surface area contributed by atoms with Crippen molar-refractivity contribution >= 4 is 11.9 Å². The molecule has 3 amide bonds. The summed E-state index contributed by atoms with van der Waals surface area (Å²) in [6.07, 6.45) is 2.12. The van der Waals surface area contributed by atoms with Crippen LogP contribution >= 0.6 is 0 Å². The number of rotatable bonds is 3. The van der Waals surface area contributed by atoms with Crippen LogP contribution in [0.4, 0.5) is 4.79 Å². The molecule has 0 spiro atoms. The van der Waals surface area contributed by atoms with Crippen LogP contribution in [0.1, 0.15) is 26.7 Å². The molecule has 1 aliphatic heterocycles. The van der Waals surface area contributed by atoms with Crippen LogP contribution < -0.4 is 10.6 Å². The molecule has 1 aliphatic rings. The first kappa shape index (κ1) is 11.8. The van der Waals surface area contributed by atoms with Gasteiger partial charge in [0.1, 0.15) is 0 Å². The van der Waals surface area contributed by atoms with E-state index < -0.39 is 0 Å². The van der Waals surface area contributed by atoms with Crippen molar-refractivity contribution in [2.45, 2.75) is 32.7 Å². The van der Waals surface area contributed by atoms with E-state index in [0.717, 1.165) is 25.9 Å². The molecule has 0 aromatic rings. The Hall–Kier alpha value is -1.26. The molecule has 0 aliphatic carbocycles. The number of urea groups is 1. The van der Waals surface area contributed by atoms with E-state index in [1.54, 1.807) is 4.90 Å². The van der Waals surface area contributed by atoms with E-state index in [4.69, 9.17) is 0 Å². The Balaban J connectivity index is 2.18. The summed E-state index contributed by atoms with van der Waals surface area (Å²) in [7, 11) is 0. The molecule has 0 unspecified atom stereocenters. The van der Waals surface area contributed by atoms with Crippen LogP contribution in [-0.4, -0.2) is 42.5 Å². The first-order valence-corrected chi connectivity index (χ1v) is 5.41. The lowest BCUT2D eigenvalue weighted by Crippen LogP contribution is -2.44. The second-order valence-corrected chi connectivity index (χ2v) is 4.08. The third kappa shape index (κ3) is 4.18. The maximum atomic E-state index is 11.5. The number of amides is 3. The summed E-state index contributed by atoms with van der Waals surface area (Å²) < 4.78 is 0. The molecule has 1 fully saturated rings. The molecule has 0 bridgehead atoms. The van der Waals surface area contributed by atoms with Gasteiger partial charge in [-0.25, -0.2) is 4.79 Å². The van der Waals surface area contributed by atoms with Crippen molar-refractivity contribution in [2.24, 2.45) is 0 Å². The van der Waals surface area contributed by atoms with Crippen molar-refractivity contribution in [3.63, 3.8) is 0 Å². The summed E-state index contributed by atoms with van der Waals surface area (Å²) in [6, 6.07) is -0.0207. The van der Waals surface area contributed by atoms with Gasteiger partial charge in [-0.05, 0) is 26.7 Å². The molecule has 1 saturated heterocycles. The highest BCUT2D eigenvalue weighted by Crippen LogP contribution is 2.06. The summed E-state index contributed by atoms with van der Waals surface area (Å²) in [4.78, 5) is 24.4. The van der Waals surface area contributed by atoms with E-state index in [0.29, 0.717) is 0 Å². The molecule has 86 valence electrons. The fourth-order valence-electron chi connectivity index (χ4n) is 1.56. The number of likely N-dealkylation sites (tertiary alicyclic amines) is 1. The zero-order valence-corrected chi connectivity index (χ0v) is 9.38. The van der Waals surface area contributed by atoms with Crippen molar-refractivity contribution in [3.05, 3.63) is 0 Å². The standard InChI is InChI=1S/C10H19N3O2/c1-8(2)12-9(14)7-11-10(15)13-5-3-4-6-13/h8H,3-7H2,1-2H3,(H,11,15)(H,12,14). The number of carbonyl (C=O) groups excluding carboxylic acids is 2. The van der Waals surface area contributed by atoms with Crippen molar-refractivity contribution < 1.29 is 9.59 Å². The normalized spacial score (nSPS) is 15.5. The summed E-state index contributed by atoms with van der Waals surface area (Å²) in [5, 5.41) is 5.32. The van der Waals surface area contributed by atoms with Gasteiger partial charge in [0.05, 0.1) is 6.54 Å². The highest BCUT2D eigenvalue weighted by atomic mass is 16.2. The van der Waals surface area contributed by atoms with E-state index in [9.17, 15) is 9.59 Å². The van der Waals surface area contributed by atoms with Crippen molar-refractivity contribution in [2.75, 3.05) is 19.6 Å². The summed E-state index contributed by atoms with van der Waals surface area (Å²) in [5.41, 5.74) is 0. The fraction of sp³-hybridized carbons (Fsp3) is 0.800. The maximum Gasteiger partial charge on any atom is 0.317 e. The molecule has 2 N–H and O–H groups in total. The smallest absolute Gasteiger partial charge is 0.317 e. The molecular weight excluding hydrogens is 194 g/mol. The molecule has 15 heavy (non-hydrogen) atoms. The molecule has 0 atom stereocenters. The molecule has 1 heterocycles. The van der Waals surface area contributed by atoms with Crippen LogP contribution in [0.3, 0.4) is 0 Å². The first-order chi connectivity index (χ1) is 7.09. The molecule has 5 nitrogen and oxygen atoms in total. The zero-order valence-electron chi connectivity index (χ0n) is 9.38. The van der Waals surface area contributed by atoms with Gasteiger partial charge in [0, 0.05) is 19.1 Å². The van der Waals surface area contributed by atoms with Gasteiger partial charge in [0.25, 0.3) is 0 Å². The zero-order chi connectivity index (χ0) is 11.3. The number of hydrogen-bond acceptors (Lipinski definition) is 2. The van der Waals surface area contributed by atoms with Gasteiger partial charge >= 0.3 is 6.03 Å². The number of nitrogens with one attached hydrogen (secondary N) is 2. The largest absolute Gasteiger partial charge is 0.352 e. The predicted molar refractivity (Wildman–Crippen MR) is 57.5 cm³/mol. The van der Waals surface area contributed by atoms with Crippen molar-refractivity contribution in [1.29, 1.82) is 0 Å². The van der Waals surface area contributed by atoms with Crippen LogP contribution in [0.15, 0.2) is 0 Å². The quantitative estimate of drug-likeness (QED) is 0.709. The Labute approximate surface area is 90.2 Å².